The van der Waals surface area contributed by atoms with Crippen LogP contribution in [0.2, 0.25) is 0 Å². The summed E-state index contributed by atoms with van der Waals surface area (Å²) in [5.41, 5.74) is 24.7. The third-order valence-electron chi connectivity index (χ3n) is 16.4. The molecule has 3 aliphatic rings. The Bertz CT molecular complexity index is 4240. The largest absolute Gasteiger partial charge is 0.458 e. The van der Waals surface area contributed by atoms with Crippen molar-refractivity contribution in [3.05, 3.63) is 319 Å². The summed E-state index contributed by atoms with van der Waals surface area (Å²) in [5, 5.41) is 0. The van der Waals surface area contributed by atoms with Crippen LogP contribution in [-0.2, 0) is 5.41 Å². The first-order valence-electron chi connectivity index (χ1n) is 26.7. The second kappa shape index (κ2) is 18.3. The number of hydrogen-bond donors (Lipinski definition) is 0. The summed E-state index contributed by atoms with van der Waals surface area (Å²) in [4.78, 5) is 6.35. The van der Waals surface area contributed by atoms with Crippen molar-refractivity contribution >= 4 is 45.9 Å². The van der Waals surface area contributed by atoms with Gasteiger partial charge < -0.3 is 9.64 Å². The highest BCUT2D eigenvalue weighted by Crippen LogP contribution is 2.59. The molecule has 15 rings (SSSR count). The number of fused-ring (bicyclic) bond motifs is 7. The van der Waals surface area contributed by atoms with Crippen LogP contribution in [0.3, 0.4) is 0 Å². The predicted octanol–water partition coefficient (Wildman–Crippen LogP) is 17.3. The lowest BCUT2D eigenvalue weighted by atomic mass is 9.34. The SMILES string of the molecule is [C-]#[N+]c1ccc(-c2cc(-c3ccccc3)c(N3c4cc(-c5ccccc5)ccc4B4c5ccc(-c6ccccc6)cc5Oc5cc(C6(c7ccccc7)c7ccccc7-c7ccccc76)cc3c54)c(-c3ccccc3)c2)cc1. The van der Waals surface area contributed by atoms with E-state index in [1.54, 1.807) is 0 Å². The van der Waals surface area contributed by atoms with E-state index >= 15 is 0 Å². The standard InChI is InChI=1S/C74H47BN2O/c1-76-59-39-35-51(36-40-59)56-43-62(52-25-11-4-12-26-52)73(63(44-56)53-27-13-5-14-28-53)77-68-45-54(49-21-7-2-8-22-49)37-41-66(68)75-67-42-38-55(50-23-9-3-10-24-50)46-70(67)78-71-48-58(47-69(77)72(71)75)74(57-29-15-6-16-30-57)64-33-19-17-31-60(64)61-32-18-20-34-65(61)74/h2-48H. The monoisotopic (exact) mass is 990 g/mol. The first-order valence-corrected chi connectivity index (χ1v) is 26.7. The Balaban J connectivity index is 1.11. The van der Waals surface area contributed by atoms with E-state index in [0.29, 0.717) is 5.69 Å². The summed E-state index contributed by atoms with van der Waals surface area (Å²) in [6.45, 7) is 7.61. The minimum Gasteiger partial charge on any atom is -0.458 e. The zero-order valence-electron chi connectivity index (χ0n) is 42.5. The molecule has 0 N–H and O–H groups in total. The lowest BCUT2D eigenvalue weighted by Crippen LogP contribution is -2.59. The lowest BCUT2D eigenvalue weighted by molar-refractivity contribution is 0.486. The number of hydrogen-bond acceptors (Lipinski definition) is 2. The molecule has 0 aromatic heterocycles. The predicted molar refractivity (Wildman–Crippen MR) is 323 cm³/mol. The fraction of sp³-hybridized carbons (Fsp3) is 0.0135. The molecule has 3 nitrogen and oxygen atoms in total. The smallest absolute Gasteiger partial charge is 0.256 e. The molecule has 2 heterocycles. The Kier molecular flexibility index (Phi) is 10.6. The maximum Gasteiger partial charge on any atom is 0.256 e. The van der Waals surface area contributed by atoms with Crippen LogP contribution in [0.5, 0.6) is 11.5 Å². The van der Waals surface area contributed by atoms with Gasteiger partial charge in [0.1, 0.15) is 11.5 Å². The van der Waals surface area contributed by atoms with E-state index in [-0.39, 0.29) is 6.71 Å². The van der Waals surface area contributed by atoms with Crippen molar-refractivity contribution in [3.63, 3.8) is 0 Å². The fourth-order valence-corrected chi connectivity index (χ4v) is 13.0. The van der Waals surface area contributed by atoms with Crippen LogP contribution in [0.25, 0.3) is 71.6 Å². The van der Waals surface area contributed by atoms with Gasteiger partial charge in [-0.05, 0) is 131 Å². The van der Waals surface area contributed by atoms with Gasteiger partial charge in [0.25, 0.3) is 6.71 Å². The van der Waals surface area contributed by atoms with Crippen LogP contribution >= 0.6 is 0 Å². The van der Waals surface area contributed by atoms with Gasteiger partial charge in [-0.1, -0.05) is 249 Å². The van der Waals surface area contributed by atoms with Gasteiger partial charge in [-0.25, -0.2) is 4.85 Å². The van der Waals surface area contributed by atoms with E-state index in [9.17, 15) is 0 Å². The molecule has 12 aromatic carbocycles. The molecular weight excluding hydrogens is 944 g/mol. The number of anilines is 3. The van der Waals surface area contributed by atoms with Gasteiger partial charge in [0.2, 0.25) is 0 Å². The number of benzene rings is 12. The van der Waals surface area contributed by atoms with Crippen molar-refractivity contribution in [1.29, 1.82) is 0 Å². The van der Waals surface area contributed by atoms with Gasteiger partial charge in [-0.2, -0.15) is 0 Å². The molecule has 0 fully saturated rings. The molecule has 1 aliphatic carbocycles. The summed E-state index contributed by atoms with van der Waals surface area (Å²) in [5.74, 6) is 1.69. The average Bonchev–Trinajstić information content (AvgIpc) is 4.03. The summed E-state index contributed by atoms with van der Waals surface area (Å²) < 4.78 is 7.61. The molecular formula is C74H47BN2O. The Morgan fingerprint density at radius 1 is 0.346 bits per heavy atom. The molecule has 78 heavy (non-hydrogen) atoms. The molecule has 0 spiro atoms. The highest BCUT2D eigenvalue weighted by molar-refractivity contribution is 6.99. The molecule has 0 radical (unpaired) electrons. The first-order chi connectivity index (χ1) is 38.6. The van der Waals surface area contributed by atoms with E-state index in [4.69, 9.17) is 11.3 Å². The van der Waals surface area contributed by atoms with Crippen molar-refractivity contribution in [2.45, 2.75) is 5.41 Å². The molecule has 362 valence electrons. The van der Waals surface area contributed by atoms with E-state index in [1.165, 1.54) is 33.3 Å². The van der Waals surface area contributed by atoms with Crippen LogP contribution in [0.15, 0.2) is 285 Å². The molecule has 0 saturated heterocycles. The molecule has 0 bridgehead atoms. The van der Waals surface area contributed by atoms with Crippen LogP contribution in [0.1, 0.15) is 22.3 Å². The Labute approximate surface area is 455 Å². The third kappa shape index (κ3) is 7.06. The summed E-state index contributed by atoms with van der Waals surface area (Å²) in [6.07, 6.45) is 0. The van der Waals surface area contributed by atoms with E-state index < -0.39 is 5.41 Å². The van der Waals surface area contributed by atoms with Gasteiger partial charge in [0.05, 0.1) is 17.7 Å². The van der Waals surface area contributed by atoms with E-state index in [1.807, 2.05) is 12.1 Å². The molecule has 2 aliphatic heterocycles. The van der Waals surface area contributed by atoms with E-state index in [2.05, 4.69) is 283 Å². The molecule has 0 amide bonds. The minimum atomic E-state index is -0.727. The van der Waals surface area contributed by atoms with Crippen molar-refractivity contribution in [2.75, 3.05) is 4.90 Å². The van der Waals surface area contributed by atoms with Crippen molar-refractivity contribution in [1.82, 2.24) is 0 Å². The van der Waals surface area contributed by atoms with Gasteiger partial charge in [0, 0.05) is 22.5 Å². The summed E-state index contributed by atoms with van der Waals surface area (Å²) >= 11 is 0. The summed E-state index contributed by atoms with van der Waals surface area (Å²) in [7, 11) is 0. The maximum atomic E-state index is 7.79. The Morgan fingerprint density at radius 2 is 0.821 bits per heavy atom. The highest BCUT2D eigenvalue weighted by Gasteiger charge is 2.49. The van der Waals surface area contributed by atoms with Gasteiger partial charge in [0.15, 0.2) is 5.69 Å². The Morgan fingerprint density at radius 3 is 1.38 bits per heavy atom. The molecule has 0 unspecified atom stereocenters. The Hall–Kier alpha value is -10.2. The van der Waals surface area contributed by atoms with E-state index in [0.717, 1.165) is 101 Å². The highest BCUT2D eigenvalue weighted by atomic mass is 16.5. The topological polar surface area (TPSA) is 16.8 Å². The fourth-order valence-electron chi connectivity index (χ4n) is 13.0. The quantitative estimate of drug-likeness (QED) is 0.111. The first kappa shape index (κ1) is 45.2. The number of rotatable bonds is 8. The zero-order chi connectivity index (χ0) is 51.7. The van der Waals surface area contributed by atoms with Crippen molar-refractivity contribution in [3.8, 4) is 78.3 Å². The minimum absolute atomic E-state index is 0.176. The van der Waals surface area contributed by atoms with Gasteiger partial charge in [-0.3, -0.25) is 0 Å². The molecule has 4 heteroatoms. The second-order valence-electron chi connectivity index (χ2n) is 20.6. The molecule has 12 aromatic rings. The second-order valence-corrected chi connectivity index (χ2v) is 20.6. The van der Waals surface area contributed by atoms with Gasteiger partial charge >= 0.3 is 0 Å². The average molecular weight is 991 g/mol. The normalized spacial score (nSPS) is 13.0. The van der Waals surface area contributed by atoms with Crippen molar-refractivity contribution < 1.29 is 4.74 Å². The zero-order valence-corrected chi connectivity index (χ0v) is 42.5. The van der Waals surface area contributed by atoms with Crippen LogP contribution < -0.4 is 26.0 Å². The number of ether oxygens (including phenoxy) is 1. The third-order valence-corrected chi connectivity index (χ3v) is 16.4. The maximum absolute atomic E-state index is 7.79. The van der Waals surface area contributed by atoms with Gasteiger partial charge in [-0.15, -0.1) is 0 Å². The van der Waals surface area contributed by atoms with Crippen LogP contribution in [0, 0.1) is 6.57 Å². The van der Waals surface area contributed by atoms with Crippen LogP contribution in [-0.4, -0.2) is 6.71 Å². The molecule has 0 saturated carbocycles. The van der Waals surface area contributed by atoms with Crippen LogP contribution in [0.4, 0.5) is 22.7 Å². The molecule has 0 atom stereocenters. The lowest BCUT2D eigenvalue weighted by Gasteiger charge is -2.43. The summed E-state index contributed by atoms with van der Waals surface area (Å²) in [6, 6.07) is 104. The van der Waals surface area contributed by atoms with Crippen molar-refractivity contribution in [2.24, 2.45) is 0 Å². The number of nitrogens with zero attached hydrogens (tertiary/aromatic N) is 2.